The lowest BCUT2D eigenvalue weighted by atomic mass is 10.1. The number of amides is 1. The molecule has 0 saturated carbocycles. The fraction of sp³-hybridized carbons (Fsp3) is 0.393. The first-order valence-corrected chi connectivity index (χ1v) is 12.7. The van der Waals surface area contributed by atoms with Gasteiger partial charge in [-0.05, 0) is 68.6 Å². The number of anilines is 1. The van der Waals surface area contributed by atoms with E-state index in [0.29, 0.717) is 30.3 Å². The van der Waals surface area contributed by atoms with Crippen molar-refractivity contribution in [3.63, 3.8) is 0 Å². The van der Waals surface area contributed by atoms with Gasteiger partial charge in [0.1, 0.15) is 17.6 Å². The Morgan fingerprint density at radius 1 is 1.08 bits per heavy atom. The van der Waals surface area contributed by atoms with Crippen LogP contribution in [0, 0.1) is 28.9 Å². The minimum absolute atomic E-state index is 0.0899. The second kappa shape index (κ2) is 10.3. The van der Waals surface area contributed by atoms with Crippen molar-refractivity contribution in [1.82, 2.24) is 20.0 Å². The zero-order valence-corrected chi connectivity index (χ0v) is 21.0. The average Bonchev–Trinajstić information content (AvgIpc) is 3.55. The maximum atomic E-state index is 15.5. The minimum atomic E-state index is -0.688. The molecule has 7 nitrogen and oxygen atoms in total. The normalized spacial score (nSPS) is 19.8. The predicted molar refractivity (Wildman–Crippen MR) is 138 cm³/mol. The van der Waals surface area contributed by atoms with E-state index in [1.54, 1.807) is 23.1 Å². The number of piperidine rings is 1. The predicted octanol–water partition coefficient (Wildman–Crippen LogP) is 4.36. The van der Waals surface area contributed by atoms with Crippen LogP contribution in [0.25, 0.3) is 16.9 Å². The third kappa shape index (κ3) is 4.94. The Morgan fingerprint density at radius 2 is 1.92 bits per heavy atom. The number of halogens is 2. The van der Waals surface area contributed by atoms with Crippen LogP contribution < -0.4 is 10.2 Å². The lowest BCUT2D eigenvalue weighted by Gasteiger charge is -2.32. The average molecular weight is 505 g/mol. The van der Waals surface area contributed by atoms with Crippen LogP contribution in [0.5, 0.6) is 0 Å². The van der Waals surface area contributed by atoms with Crippen LogP contribution in [-0.4, -0.2) is 59.9 Å². The molecule has 9 heteroatoms. The van der Waals surface area contributed by atoms with Gasteiger partial charge in [-0.1, -0.05) is 13.0 Å². The molecule has 0 spiro atoms. The molecule has 0 radical (unpaired) electrons. The topological polar surface area (TPSA) is 77.2 Å². The summed E-state index contributed by atoms with van der Waals surface area (Å²) in [5, 5.41) is 16.9. The molecule has 0 aliphatic carbocycles. The first-order chi connectivity index (χ1) is 17.9. The second-order valence-corrected chi connectivity index (χ2v) is 9.99. The number of benzene rings is 2. The van der Waals surface area contributed by atoms with Gasteiger partial charge < -0.3 is 15.1 Å². The number of aromatic nitrogens is 2. The van der Waals surface area contributed by atoms with Crippen molar-refractivity contribution in [2.24, 2.45) is 5.92 Å². The molecule has 2 aliphatic heterocycles. The van der Waals surface area contributed by atoms with Gasteiger partial charge in [0.15, 0.2) is 11.5 Å². The summed E-state index contributed by atoms with van der Waals surface area (Å²) in [5.41, 5.74) is 1.80. The smallest absolute Gasteiger partial charge is 0.274 e. The van der Waals surface area contributed by atoms with E-state index in [2.05, 4.69) is 22.2 Å². The SMILES string of the molecule is CN[C@@H]1CCCN(C(=O)c2cc(-c3ccc(C#N)c(F)c3)n(-c3ccc(N4CC[C@H](C)C4)cc3F)n2)C1. The standard InChI is InChI=1S/C28H30F2N6O/c1-18-9-11-34(16-18)22-7-8-26(24(30)13-22)36-27(19-5-6-20(15-31)23(29)12-19)14-25(33-36)28(37)35-10-3-4-21(17-35)32-2/h5-8,12-14,18,21,32H,3-4,9-11,16-17H2,1-2H3/t18-,21+/m0/s1. The van der Waals surface area contributed by atoms with Gasteiger partial charge in [0, 0.05) is 43.5 Å². The monoisotopic (exact) mass is 504 g/mol. The Balaban J connectivity index is 1.56. The van der Waals surface area contributed by atoms with Crippen molar-refractivity contribution in [3.8, 4) is 23.0 Å². The molecule has 2 fully saturated rings. The van der Waals surface area contributed by atoms with E-state index < -0.39 is 11.6 Å². The van der Waals surface area contributed by atoms with E-state index in [4.69, 9.17) is 5.26 Å². The number of nitriles is 1. The van der Waals surface area contributed by atoms with Gasteiger partial charge in [0.25, 0.3) is 5.91 Å². The summed E-state index contributed by atoms with van der Waals surface area (Å²) in [4.78, 5) is 17.3. The van der Waals surface area contributed by atoms with Crippen LogP contribution in [-0.2, 0) is 0 Å². The fourth-order valence-electron chi connectivity index (χ4n) is 5.23. The number of nitrogens with zero attached hydrogens (tertiary/aromatic N) is 5. The van der Waals surface area contributed by atoms with Crippen molar-refractivity contribution in [3.05, 3.63) is 65.4 Å². The second-order valence-electron chi connectivity index (χ2n) is 9.99. The van der Waals surface area contributed by atoms with Crippen LogP contribution in [0.1, 0.15) is 42.2 Å². The quantitative estimate of drug-likeness (QED) is 0.559. The Labute approximate surface area is 215 Å². The largest absolute Gasteiger partial charge is 0.371 e. The molecule has 5 rings (SSSR count). The van der Waals surface area contributed by atoms with Crippen LogP contribution >= 0.6 is 0 Å². The number of nitrogens with one attached hydrogen (secondary N) is 1. The molecule has 1 aromatic heterocycles. The molecule has 3 aromatic rings. The van der Waals surface area contributed by atoms with E-state index in [-0.39, 0.29) is 28.9 Å². The van der Waals surface area contributed by atoms with Crippen molar-refractivity contribution < 1.29 is 13.6 Å². The Bertz CT molecular complexity index is 1360. The maximum absolute atomic E-state index is 15.5. The van der Waals surface area contributed by atoms with Crippen molar-refractivity contribution in [2.75, 3.05) is 38.1 Å². The first kappa shape index (κ1) is 24.9. The van der Waals surface area contributed by atoms with Gasteiger partial charge in [-0.15, -0.1) is 0 Å². The van der Waals surface area contributed by atoms with Crippen molar-refractivity contribution in [2.45, 2.75) is 32.2 Å². The molecule has 3 heterocycles. The number of hydrogen-bond acceptors (Lipinski definition) is 5. The molecule has 2 aromatic carbocycles. The van der Waals surface area contributed by atoms with E-state index >= 15 is 4.39 Å². The zero-order chi connectivity index (χ0) is 26.1. The van der Waals surface area contributed by atoms with Crippen LogP contribution in [0.15, 0.2) is 42.5 Å². The lowest BCUT2D eigenvalue weighted by Crippen LogP contribution is -2.47. The number of carbonyl (C=O) groups excluding carboxylic acids is 1. The Hall–Kier alpha value is -3.77. The molecular weight excluding hydrogens is 474 g/mol. The number of hydrogen-bond donors (Lipinski definition) is 1. The summed E-state index contributed by atoms with van der Waals surface area (Å²) in [6.07, 6.45) is 2.92. The van der Waals surface area contributed by atoms with Gasteiger partial charge in [-0.3, -0.25) is 4.79 Å². The van der Waals surface area contributed by atoms with E-state index in [1.165, 1.54) is 22.9 Å². The summed E-state index contributed by atoms with van der Waals surface area (Å²) < 4.78 is 31.4. The van der Waals surface area contributed by atoms with Crippen LogP contribution in [0.2, 0.25) is 0 Å². The Morgan fingerprint density at radius 3 is 2.59 bits per heavy atom. The summed E-state index contributed by atoms with van der Waals surface area (Å²) in [6.45, 7) is 5.09. The molecular formula is C28H30F2N6O. The van der Waals surface area contributed by atoms with Gasteiger partial charge in [0.2, 0.25) is 0 Å². The molecule has 0 unspecified atom stereocenters. The van der Waals surface area contributed by atoms with E-state index in [1.807, 2.05) is 19.2 Å². The van der Waals surface area contributed by atoms with Gasteiger partial charge >= 0.3 is 0 Å². The van der Waals surface area contributed by atoms with Gasteiger partial charge in [-0.25, -0.2) is 13.5 Å². The molecule has 1 N–H and O–H groups in total. The number of carbonyl (C=O) groups is 1. The zero-order valence-electron chi connectivity index (χ0n) is 21.0. The summed E-state index contributed by atoms with van der Waals surface area (Å²) in [7, 11) is 1.88. The van der Waals surface area contributed by atoms with Crippen LogP contribution in [0.3, 0.4) is 0 Å². The van der Waals surface area contributed by atoms with Gasteiger partial charge in [-0.2, -0.15) is 10.4 Å². The van der Waals surface area contributed by atoms with Gasteiger partial charge in [0.05, 0.1) is 11.3 Å². The molecule has 2 atom stereocenters. The highest BCUT2D eigenvalue weighted by molar-refractivity contribution is 5.93. The molecule has 2 aliphatic rings. The third-order valence-electron chi connectivity index (χ3n) is 7.38. The third-order valence-corrected chi connectivity index (χ3v) is 7.38. The van der Waals surface area contributed by atoms with E-state index in [9.17, 15) is 9.18 Å². The lowest BCUT2D eigenvalue weighted by molar-refractivity contribution is 0.0691. The van der Waals surface area contributed by atoms with Crippen molar-refractivity contribution >= 4 is 11.6 Å². The molecule has 1 amide bonds. The van der Waals surface area contributed by atoms with Crippen molar-refractivity contribution in [1.29, 1.82) is 5.26 Å². The first-order valence-electron chi connectivity index (χ1n) is 12.7. The number of likely N-dealkylation sites (N-methyl/N-ethyl adjacent to an activating group) is 1. The highest BCUT2D eigenvalue weighted by atomic mass is 19.1. The Kier molecular flexibility index (Phi) is 6.94. The molecule has 37 heavy (non-hydrogen) atoms. The molecule has 192 valence electrons. The molecule has 2 saturated heterocycles. The maximum Gasteiger partial charge on any atom is 0.274 e. The summed E-state index contributed by atoms with van der Waals surface area (Å²) >= 11 is 0. The number of rotatable bonds is 5. The number of likely N-dealkylation sites (tertiary alicyclic amines) is 1. The molecule has 0 bridgehead atoms. The highest BCUT2D eigenvalue weighted by Gasteiger charge is 2.27. The van der Waals surface area contributed by atoms with E-state index in [0.717, 1.165) is 38.0 Å². The summed E-state index contributed by atoms with van der Waals surface area (Å²) in [5.74, 6) is -0.870. The van der Waals surface area contributed by atoms with Crippen LogP contribution in [0.4, 0.5) is 14.5 Å². The minimum Gasteiger partial charge on any atom is -0.371 e. The fourth-order valence-corrected chi connectivity index (χ4v) is 5.23. The summed E-state index contributed by atoms with van der Waals surface area (Å²) in [6, 6.07) is 12.7. The highest BCUT2D eigenvalue weighted by Crippen LogP contribution is 2.31.